The summed E-state index contributed by atoms with van der Waals surface area (Å²) >= 11 is 0. The van der Waals surface area contributed by atoms with E-state index in [-0.39, 0.29) is 0 Å². The van der Waals surface area contributed by atoms with Gasteiger partial charge in [0.25, 0.3) is 0 Å². The van der Waals surface area contributed by atoms with Crippen molar-refractivity contribution in [2.24, 2.45) is 5.92 Å². The summed E-state index contributed by atoms with van der Waals surface area (Å²) in [5.41, 5.74) is 1.80. The van der Waals surface area contributed by atoms with Gasteiger partial charge < -0.3 is 20.1 Å². The summed E-state index contributed by atoms with van der Waals surface area (Å²) in [6, 6.07) is 16.9. The van der Waals surface area contributed by atoms with Crippen molar-refractivity contribution < 1.29 is 14.6 Å². The second-order valence-electron chi connectivity index (χ2n) is 8.55. The first-order valence-electron chi connectivity index (χ1n) is 11.4. The molecule has 0 spiro atoms. The molecule has 166 valence electrons. The van der Waals surface area contributed by atoms with Gasteiger partial charge in [-0.3, -0.25) is 4.90 Å². The molecule has 6 nitrogen and oxygen atoms in total. The van der Waals surface area contributed by atoms with Crippen LogP contribution in [0.25, 0.3) is 0 Å². The highest BCUT2D eigenvalue weighted by molar-refractivity contribution is 5.74. The van der Waals surface area contributed by atoms with E-state index in [0.29, 0.717) is 11.3 Å². The monoisotopic (exact) mass is 423 g/mol. The van der Waals surface area contributed by atoms with Gasteiger partial charge in [0.1, 0.15) is 5.75 Å². The minimum Gasteiger partial charge on any atom is -0.478 e. The molecular formula is C25H33N3O3. The number of anilines is 1. The summed E-state index contributed by atoms with van der Waals surface area (Å²) in [7, 11) is 0. The summed E-state index contributed by atoms with van der Waals surface area (Å²) in [4.78, 5) is 16.7. The van der Waals surface area contributed by atoms with Crippen LogP contribution in [-0.4, -0.2) is 61.8 Å². The van der Waals surface area contributed by atoms with Crippen molar-refractivity contribution >= 4 is 11.7 Å². The van der Waals surface area contributed by atoms with Crippen LogP contribution in [0.15, 0.2) is 54.6 Å². The molecule has 2 aromatic carbocycles. The average Bonchev–Trinajstić information content (AvgIpc) is 2.83. The molecule has 0 bridgehead atoms. The topological polar surface area (TPSA) is 65.0 Å². The van der Waals surface area contributed by atoms with E-state index in [9.17, 15) is 9.90 Å². The normalized spacial score (nSPS) is 19.2. The Hall–Kier alpha value is -2.57. The number of hydrogen-bond acceptors (Lipinski definition) is 5. The Morgan fingerprint density at radius 1 is 1.00 bits per heavy atom. The first kappa shape index (κ1) is 21.7. The summed E-state index contributed by atoms with van der Waals surface area (Å²) in [5.74, 6) is 0.467. The van der Waals surface area contributed by atoms with E-state index in [1.165, 1.54) is 38.9 Å². The fourth-order valence-corrected chi connectivity index (χ4v) is 4.53. The molecule has 6 heteroatoms. The van der Waals surface area contributed by atoms with Crippen LogP contribution in [0.3, 0.4) is 0 Å². The third-order valence-corrected chi connectivity index (χ3v) is 6.47. The largest absolute Gasteiger partial charge is 0.478 e. The number of ether oxygens (including phenoxy) is 1. The zero-order valence-electron chi connectivity index (χ0n) is 18.1. The lowest BCUT2D eigenvalue weighted by Gasteiger charge is -2.37. The van der Waals surface area contributed by atoms with Crippen LogP contribution >= 0.6 is 0 Å². The van der Waals surface area contributed by atoms with Crippen molar-refractivity contribution in [1.29, 1.82) is 0 Å². The summed E-state index contributed by atoms with van der Waals surface area (Å²) in [6.07, 6.45) is 2.96. The highest BCUT2D eigenvalue weighted by Gasteiger charge is 2.22. The number of rotatable bonds is 8. The van der Waals surface area contributed by atoms with Gasteiger partial charge in [-0.05, 0) is 69.1 Å². The molecule has 0 aliphatic carbocycles. The number of nitrogens with one attached hydrogen (secondary N) is 1. The van der Waals surface area contributed by atoms with Crippen molar-refractivity contribution in [3.05, 3.63) is 60.2 Å². The van der Waals surface area contributed by atoms with Crippen LogP contribution in [-0.2, 0) is 4.79 Å². The van der Waals surface area contributed by atoms with Gasteiger partial charge in [0, 0.05) is 37.4 Å². The molecular weight excluding hydrogens is 390 g/mol. The number of benzene rings is 2. The first-order chi connectivity index (χ1) is 15.2. The fraction of sp³-hybridized carbons (Fsp3) is 0.480. The summed E-state index contributed by atoms with van der Waals surface area (Å²) in [6.45, 7) is 7.80. The number of piperidine rings is 1. The van der Waals surface area contributed by atoms with Gasteiger partial charge in [-0.25, -0.2) is 4.79 Å². The van der Waals surface area contributed by atoms with Crippen LogP contribution in [0, 0.1) is 5.92 Å². The van der Waals surface area contributed by atoms with Gasteiger partial charge >= 0.3 is 5.97 Å². The fourth-order valence-electron chi connectivity index (χ4n) is 4.53. The molecule has 1 atom stereocenters. The van der Waals surface area contributed by atoms with E-state index in [1.807, 2.05) is 42.5 Å². The highest BCUT2D eigenvalue weighted by atomic mass is 16.5. The van der Waals surface area contributed by atoms with Crippen LogP contribution in [0.2, 0.25) is 0 Å². The maximum atomic E-state index is 11.7. The molecule has 0 saturated carbocycles. The number of carbonyl (C=O) groups is 1. The Morgan fingerprint density at radius 3 is 2.32 bits per heavy atom. The number of piperazine rings is 1. The number of aliphatic carboxylic acids is 1. The Balaban J connectivity index is 1.27. The van der Waals surface area contributed by atoms with Gasteiger partial charge in [-0.2, -0.15) is 0 Å². The SMILES string of the molecule is O=C(O)C(Oc1ccc(N2CCN(CCC3CCNCC3)CC2)cc1)c1ccccc1. The van der Waals surface area contributed by atoms with Gasteiger partial charge in [0.15, 0.2) is 0 Å². The minimum atomic E-state index is -1.00. The quantitative estimate of drug-likeness (QED) is 0.679. The Morgan fingerprint density at radius 2 is 1.68 bits per heavy atom. The van der Waals surface area contributed by atoms with Gasteiger partial charge in [0.2, 0.25) is 6.10 Å². The maximum absolute atomic E-state index is 11.7. The van der Waals surface area contributed by atoms with Crippen molar-refractivity contribution in [2.45, 2.75) is 25.4 Å². The number of nitrogens with zero attached hydrogens (tertiary/aromatic N) is 2. The van der Waals surface area contributed by atoms with Crippen molar-refractivity contribution in [2.75, 3.05) is 50.7 Å². The number of carboxylic acids is 1. The second kappa shape index (κ2) is 10.6. The smallest absolute Gasteiger partial charge is 0.349 e. The average molecular weight is 424 g/mol. The van der Waals surface area contributed by atoms with Crippen LogP contribution < -0.4 is 15.0 Å². The first-order valence-corrected chi connectivity index (χ1v) is 11.4. The predicted molar refractivity (Wildman–Crippen MR) is 123 cm³/mol. The standard InChI is InChI=1S/C25H33N3O3/c29-25(30)24(21-4-2-1-3-5-21)31-23-8-6-22(7-9-23)28-18-16-27(17-19-28)15-12-20-10-13-26-14-11-20/h1-9,20,24,26H,10-19H2,(H,29,30). The molecule has 1 unspecified atom stereocenters. The van der Waals surface area contributed by atoms with E-state index in [0.717, 1.165) is 37.8 Å². The molecule has 0 aromatic heterocycles. The molecule has 2 saturated heterocycles. The number of carboxylic acid groups (broad SMARTS) is 1. The van der Waals surface area contributed by atoms with E-state index in [4.69, 9.17) is 4.74 Å². The van der Waals surface area contributed by atoms with Crippen molar-refractivity contribution in [1.82, 2.24) is 10.2 Å². The lowest BCUT2D eigenvalue weighted by atomic mass is 9.94. The van der Waals surface area contributed by atoms with E-state index in [2.05, 4.69) is 15.1 Å². The zero-order valence-corrected chi connectivity index (χ0v) is 18.1. The Bertz CT molecular complexity index is 814. The van der Waals surface area contributed by atoms with Crippen molar-refractivity contribution in [3.8, 4) is 5.75 Å². The zero-order chi connectivity index (χ0) is 21.5. The summed E-state index contributed by atoms with van der Waals surface area (Å²) in [5, 5.41) is 13.0. The van der Waals surface area contributed by atoms with Gasteiger partial charge in [-0.1, -0.05) is 30.3 Å². The molecule has 0 radical (unpaired) electrons. The van der Waals surface area contributed by atoms with E-state index in [1.54, 1.807) is 12.1 Å². The molecule has 2 heterocycles. The maximum Gasteiger partial charge on any atom is 0.349 e. The highest BCUT2D eigenvalue weighted by Crippen LogP contribution is 2.26. The van der Waals surface area contributed by atoms with E-state index < -0.39 is 12.1 Å². The Labute approximate surface area is 184 Å². The second-order valence-corrected chi connectivity index (χ2v) is 8.55. The third-order valence-electron chi connectivity index (χ3n) is 6.47. The molecule has 2 aromatic rings. The Kier molecular flexibility index (Phi) is 7.43. The third kappa shape index (κ3) is 5.99. The molecule has 2 fully saturated rings. The van der Waals surface area contributed by atoms with Crippen LogP contribution in [0.4, 0.5) is 5.69 Å². The van der Waals surface area contributed by atoms with Crippen LogP contribution in [0.5, 0.6) is 5.75 Å². The predicted octanol–water partition coefficient (Wildman–Crippen LogP) is 3.40. The summed E-state index contributed by atoms with van der Waals surface area (Å²) < 4.78 is 5.78. The molecule has 4 rings (SSSR count). The van der Waals surface area contributed by atoms with Gasteiger partial charge in [0.05, 0.1) is 0 Å². The van der Waals surface area contributed by atoms with Crippen LogP contribution in [0.1, 0.15) is 30.9 Å². The lowest BCUT2D eigenvalue weighted by molar-refractivity contribution is -0.145. The van der Waals surface area contributed by atoms with Crippen molar-refractivity contribution in [3.63, 3.8) is 0 Å². The molecule has 0 amide bonds. The molecule has 2 aliphatic rings. The number of hydrogen-bond donors (Lipinski definition) is 2. The van der Waals surface area contributed by atoms with Gasteiger partial charge in [-0.15, -0.1) is 0 Å². The minimum absolute atomic E-state index is 0.570. The molecule has 2 aliphatic heterocycles. The molecule has 31 heavy (non-hydrogen) atoms. The van der Waals surface area contributed by atoms with E-state index >= 15 is 0 Å². The molecule has 2 N–H and O–H groups in total. The lowest BCUT2D eigenvalue weighted by Crippen LogP contribution is -2.47.